The van der Waals surface area contributed by atoms with Crippen molar-refractivity contribution in [2.75, 3.05) is 27.7 Å². The first-order valence-corrected chi connectivity index (χ1v) is 13.1. The van der Waals surface area contributed by atoms with E-state index < -0.39 is 11.5 Å². The van der Waals surface area contributed by atoms with Gasteiger partial charge in [-0.2, -0.15) is 0 Å². The summed E-state index contributed by atoms with van der Waals surface area (Å²) < 4.78 is 20.7. The molecule has 1 heterocycles. The van der Waals surface area contributed by atoms with Crippen LogP contribution in [0.3, 0.4) is 0 Å². The van der Waals surface area contributed by atoms with Crippen LogP contribution in [0.4, 0.5) is 4.39 Å². The highest BCUT2D eigenvalue weighted by atomic mass is 19.1. The molecule has 1 N–H and O–H groups in total. The quantitative estimate of drug-likeness (QED) is 0.227. The molecule has 198 valence electrons. The summed E-state index contributed by atoms with van der Waals surface area (Å²) in [5.41, 5.74) is 2.15. The van der Waals surface area contributed by atoms with Gasteiger partial charge >= 0.3 is 0 Å². The third kappa shape index (κ3) is 5.29. The Bertz CT molecular complexity index is 1570. The van der Waals surface area contributed by atoms with Crippen molar-refractivity contribution in [3.63, 3.8) is 0 Å². The maximum atomic E-state index is 14.9. The Kier molecular flexibility index (Phi) is 7.73. The smallest absolute Gasteiger partial charge is 0.217 e. The van der Waals surface area contributed by atoms with Crippen LogP contribution in [-0.4, -0.2) is 42.7 Å². The van der Waals surface area contributed by atoms with Crippen molar-refractivity contribution in [3.8, 4) is 17.0 Å². The molecule has 2 unspecified atom stereocenters. The molecule has 0 aliphatic heterocycles. The third-order valence-electron chi connectivity index (χ3n) is 7.37. The Labute approximate surface area is 229 Å². The summed E-state index contributed by atoms with van der Waals surface area (Å²) in [5, 5.41) is 15.1. The van der Waals surface area contributed by atoms with Gasteiger partial charge in [0.15, 0.2) is 0 Å². The molecule has 0 aliphatic rings. The summed E-state index contributed by atoms with van der Waals surface area (Å²) in [6.07, 6.45) is 2.07. The number of pyridine rings is 1. The Balaban J connectivity index is 1.82. The second-order valence-corrected chi connectivity index (χ2v) is 10.2. The average molecular weight is 521 g/mol. The molecular weight excluding hydrogens is 487 g/mol. The molecule has 0 saturated carbocycles. The first-order chi connectivity index (χ1) is 18.9. The predicted octanol–water partition coefficient (Wildman–Crippen LogP) is 7.02. The highest BCUT2D eigenvalue weighted by molar-refractivity contribution is 5.86. The molecule has 1 aromatic heterocycles. The molecule has 0 aliphatic carbocycles. The molecule has 5 aromatic rings. The SMILES string of the molecule is COc1ncc(-c2ccccc2F)cc1C(c1ccccc1)C(O)(CCN(C)C)c1cccc2ccccc12. The minimum Gasteiger partial charge on any atom is -0.481 e. The molecular formula is C34H33FN2O2. The van der Waals surface area contributed by atoms with E-state index in [-0.39, 0.29) is 5.82 Å². The number of hydrogen-bond acceptors (Lipinski definition) is 4. The number of benzene rings is 4. The Morgan fingerprint density at radius 1 is 0.897 bits per heavy atom. The fourth-order valence-corrected chi connectivity index (χ4v) is 5.48. The van der Waals surface area contributed by atoms with Crippen LogP contribution in [0.25, 0.3) is 21.9 Å². The van der Waals surface area contributed by atoms with Crippen LogP contribution < -0.4 is 4.74 Å². The molecule has 0 radical (unpaired) electrons. The zero-order valence-corrected chi connectivity index (χ0v) is 22.5. The van der Waals surface area contributed by atoms with Gasteiger partial charge in [-0.05, 0) is 54.5 Å². The first kappa shape index (κ1) is 26.5. The number of aliphatic hydroxyl groups is 1. The van der Waals surface area contributed by atoms with E-state index in [2.05, 4.69) is 28.1 Å². The first-order valence-electron chi connectivity index (χ1n) is 13.1. The normalized spacial score (nSPS) is 13.8. The van der Waals surface area contributed by atoms with Crippen LogP contribution in [-0.2, 0) is 5.60 Å². The summed E-state index contributed by atoms with van der Waals surface area (Å²) in [7, 11) is 5.58. The van der Waals surface area contributed by atoms with E-state index >= 15 is 0 Å². The van der Waals surface area contributed by atoms with Gasteiger partial charge in [0, 0.05) is 35.3 Å². The Hall–Kier alpha value is -4.06. The number of methoxy groups -OCH3 is 1. The number of aromatic nitrogens is 1. The maximum Gasteiger partial charge on any atom is 0.217 e. The van der Waals surface area contributed by atoms with Gasteiger partial charge in [0.05, 0.1) is 7.11 Å². The molecule has 4 nitrogen and oxygen atoms in total. The van der Waals surface area contributed by atoms with Gasteiger partial charge in [-0.25, -0.2) is 9.37 Å². The minimum atomic E-state index is -1.35. The Morgan fingerprint density at radius 2 is 1.59 bits per heavy atom. The molecule has 4 aromatic carbocycles. The van der Waals surface area contributed by atoms with Gasteiger partial charge < -0.3 is 14.7 Å². The molecule has 5 heteroatoms. The zero-order valence-electron chi connectivity index (χ0n) is 22.5. The lowest BCUT2D eigenvalue weighted by Gasteiger charge is -2.39. The van der Waals surface area contributed by atoms with Crippen molar-refractivity contribution in [2.45, 2.75) is 17.9 Å². The van der Waals surface area contributed by atoms with Gasteiger partial charge in [0.1, 0.15) is 11.4 Å². The van der Waals surface area contributed by atoms with E-state index in [1.165, 1.54) is 6.07 Å². The highest BCUT2D eigenvalue weighted by Gasteiger charge is 2.43. The molecule has 0 fully saturated rings. The van der Waals surface area contributed by atoms with Gasteiger partial charge in [0.2, 0.25) is 5.88 Å². The van der Waals surface area contributed by atoms with Crippen molar-refractivity contribution in [1.29, 1.82) is 0 Å². The van der Waals surface area contributed by atoms with E-state index in [4.69, 9.17) is 4.74 Å². The summed E-state index contributed by atoms with van der Waals surface area (Å²) in [6.45, 7) is 0.645. The highest BCUT2D eigenvalue weighted by Crippen LogP contribution is 2.49. The van der Waals surface area contributed by atoms with Gasteiger partial charge in [-0.15, -0.1) is 0 Å². The van der Waals surface area contributed by atoms with Crippen LogP contribution >= 0.6 is 0 Å². The molecule has 2 atom stereocenters. The number of fused-ring (bicyclic) bond motifs is 1. The van der Waals surface area contributed by atoms with Gasteiger partial charge in [0.25, 0.3) is 0 Å². The maximum absolute atomic E-state index is 14.9. The fraction of sp³-hybridized carbons (Fsp3) is 0.206. The second-order valence-electron chi connectivity index (χ2n) is 10.2. The van der Waals surface area contributed by atoms with Crippen molar-refractivity contribution in [3.05, 3.63) is 132 Å². The zero-order chi connectivity index (χ0) is 27.4. The minimum absolute atomic E-state index is 0.330. The lowest BCUT2D eigenvalue weighted by atomic mass is 9.70. The van der Waals surface area contributed by atoms with E-state index in [0.717, 1.165) is 21.9 Å². The molecule has 39 heavy (non-hydrogen) atoms. The van der Waals surface area contributed by atoms with Crippen LogP contribution in [0.2, 0.25) is 0 Å². The molecule has 0 saturated heterocycles. The lowest BCUT2D eigenvalue weighted by Crippen LogP contribution is -2.38. The van der Waals surface area contributed by atoms with Gasteiger partial charge in [-0.1, -0.05) is 91.0 Å². The Morgan fingerprint density at radius 3 is 2.33 bits per heavy atom. The molecule has 0 spiro atoms. The lowest BCUT2D eigenvalue weighted by molar-refractivity contribution is 0.00517. The third-order valence-corrected chi connectivity index (χ3v) is 7.37. The summed E-state index contributed by atoms with van der Waals surface area (Å²) in [6, 6.07) is 32.7. The van der Waals surface area contributed by atoms with Crippen molar-refractivity contribution in [2.24, 2.45) is 0 Å². The second kappa shape index (κ2) is 11.4. The van der Waals surface area contributed by atoms with Crippen LogP contribution in [0, 0.1) is 5.82 Å². The van der Waals surface area contributed by atoms with Crippen molar-refractivity contribution < 1.29 is 14.2 Å². The molecule has 5 rings (SSSR count). The summed E-state index contributed by atoms with van der Waals surface area (Å²) in [4.78, 5) is 6.69. The van der Waals surface area contributed by atoms with Gasteiger partial charge in [-0.3, -0.25) is 0 Å². The monoisotopic (exact) mass is 520 g/mol. The average Bonchev–Trinajstić information content (AvgIpc) is 2.97. The van der Waals surface area contributed by atoms with Crippen molar-refractivity contribution in [1.82, 2.24) is 9.88 Å². The number of halogens is 1. The predicted molar refractivity (Wildman–Crippen MR) is 155 cm³/mol. The number of rotatable bonds is 9. The standard InChI is InChI=1S/C34H33FN2O2/c1-37(2)21-20-34(38,30-18-11-15-24-12-7-8-16-27(24)30)32(25-13-5-4-6-14-25)29-22-26(23-36-33(29)39-3)28-17-9-10-19-31(28)35/h4-19,22-23,32,38H,20-21H2,1-3H3. The number of hydrogen-bond donors (Lipinski definition) is 1. The topological polar surface area (TPSA) is 45.6 Å². The number of nitrogens with zero attached hydrogens (tertiary/aromatic N) is 2. The van der Waals surface area contributed by atoms with E-state index in [1.807, 2.05) is 74.8 Å². The van der Waals surface area contributed by atoms with Crippen LogP contribution in [0.1, 0.15) is 29.0 Å². The van der Waals surface area contributed by atoms with Crippen LogP contribution in [0.15, 0.2) is 109 Å². The van der Waals surface area contributed by atoms with E-state index in [0.29, 0.717) is 35.5 Å². The van der Waals surface area contributed by atoms with Crippen LogP contribution in [0.5, 0.6) is 5.88 Å². The molecule has 0 bridgehead atoms. The summed E-state index contributed by atoms with van der Waals surface area (Å²) in [5.74, 6) is -0.491. The van der Waals surface area contributed by atoms with Crippen molar-refractivity contribution >= 4 is 10.8 Å². The summed E-state index contributed by atoms with van der Waals surface area (Å²) >= 11 is 0. The van der Waals surface area contributed by atoms with E-state index in [9.17, 15) is 9.50 Å². The fourth-order valence-electron chi connectivity index (χ4n) is 5.48. The largest absolute Gasteiger partial charge is 0.481 e. The van der Waals surface area contributed by atoms with E-state index in [1.54, 1.807) is 31.5 Å². The number of ether oxygens (including phenoxy) is 1. The molecule has 0 amide bonds.